The molecule has 2 unspecified atom stereocenters. The molecular weight excluding hydrogens is 237 g/mol. The zero-order valence-electron chi connectivity index (χ0n) is 8.85. The van der Waals surface area contributed by atoms with Gasteiger partial charge in [0, 0.05) is 18.0 Å². The third-order valence-corrected chi connectivity index (χ3v) is 2.26. The highest BCUT2D eigenvalue weighted by Gasteiger charge is 2.32. The fourth-order valence-corrected chi connectivity index (χ4v) is 1.33. The number of aromatic nitrogens is 1. The number of aliphatic hydroxyl groups excluding tert-OH is 2. The van der Waals surface area contributed by atoms with Gasteiger partial charge in [0.05, 0.1) is 11.7 Å². The molecule has 17 heavy (non-hydrogen) atoms. The van der Waals surface area contributed by atoms with Gasteiger partial charge in [-0.15, -0.1) is 0 Å². The monoisotopic (exact) mass is 250 g/mol. The zero-order valence-corrected chi connectivity index (χ0v) is 8.85. The standard InChI is InChI=1S/C10H13F3N2O2/c11-10(12,13)7-3-6(4-15-5-7)9(17)8(16)1-2-14/h3-5,8-9,16-17H,1-2,14H2. The van der Waals surface area contributed by atoms with Crippen molar-refractivity contribution in [3.8, 4) is 0 Å². The fraction of sp³-hybridized carbons (Fsp3) is 0.500. The van der Waals surface area contributed by atoms with Crippen LogP contribution in [0.5, 0.6) is 0 Å². The van der Waals surface area contributed by atoms with Crippen molar-refractivity contribution < 1.29 is 23.4 Å². The molecule has 1 aromatic rings. The number of alkyl halides is 3. The van der Waals surface area contributed by atoms with Crippen molar-refractivity contribution in [1.29, 1.82) is 0 Å². The summed E-state index contributed by atoms with van der Waals surface area (Å²) in [5.74, 6) is 0. The summed E-state index contributed by atoms with van der Waals surface area (Å²) in [5.41, 5.74) is 4.13. The summed E-state index contributed by atoms with van der Waals surface area (Å²) >= 11 is 0. The molecule has 0 spiro atoms. The van der Waals surface area contributed by atoms with Gasteiger partial charge < -0.3 is 15.9 Å². The van der Waals surface area contributed by atoms with E-state index in [9.17, 15) is 23.4 Å². The number of pyridine rings is 1. The van der Waals surface area contributed by atoms with Gasteiger partial charge in [-0.05, 0) is 19.0 Å². The van der Waals surface area contributed by atoms with Gasteiger partial charge in [-0.1, -0.05) is 0 Å². The first-order valence-electron chi connectivity index (χ1n) is 4.94. The molecular formula is C10H13F3N2O2. The van der Waals surface area contributed by atoms with Crippen LogP contribution < -0.4 is 5.73 Å². The summed E-state index contributed by atoms with van der Waals surface area (Å²) in [7, 11) is 0. The molecule has 1 rings (SSSR count). The fourth-order valence-electron chi connectivity index (χ4n) is 1.33. The number of nitrogens with two attached hydrogens (primary N) is 1. The number of hydrogen-bond donors (Lipinski definition) is 3. The van der Waals surface area contributed by atoms with Crippen LogP contribution in [0.2, 0.25) is 0 Å². The molecule has 0 aliphatic heterocycles. The minimum absolute atomic E-state index is 0.0826. The maximum absolute atomic E-state index is 12.4. The molecule has 0 saturated carbocycles. The normalized spacial score (nSPS) is 15.6. The van der Waals surface area contributed by atoms with Crippen LogP contribution in [0.1, 0.15) is 23.7 Å². The van der Waals surface area contributed by atoms with Crippen LogP contribution in [-0.2, 0) is 6.18 Å². The van der Waals surface area contributed by atoms with E-state index in [4.69, 9.17) is 5.73 Å². The average Bonchev–Trinajstić information content (AvgIpc) is 2.27. The molecule has 0 radical (unpaired) electrons. The minimum atomic E-state index is -4.53. The predicted molar refractivity (Wildman–Crippen MR) is 53.9 cm³/mol. The lowest BCUT2D eigenvalue weighted by Crippen LogP contribution is -2.22. The predicted octanol–water partition coefficient (Wildman–Crippen LogP) is 0.844. The molecule has 96 valence electrons. The van der Waals surface area contributed by atoms with E-state index in [0.29, 0.717) is 6.20 Å². The maximum atomic E-state index is 12.4. The van der Waals surface area contributed by atoms with Crippen molar-refractivity contribution in [2.45, 2.75) is 24.8 Å². The average molecular weight is 250 g/mol. The first kappa shape index (κ1) is 13.9. The Morgan fingerprint density at radius 1 is 1.29 bits per heavy atom. The number of nitrogens with zero attached hydrogens (tertiary/aromatic N) is 1. The summed E-state index contributed by atoms with van der Waals surface area (Å²) in [6, 6.07) is 0.761. The molecule has 1 aromatic heterocycles. The van der Waals surface area contributed by atoms with Crippen molar-refractivity contribution in [1.82, 2.24) is 4.98 Å². The van der Waals surface area contributed by atoms with E-state index in [1.807, 2.05) is 0 Å². The van der Waals surface area contributed by atoms with Gasteiger partial charge in [0.15, 0.2) is 0 Å². The molecule has 0 saturated heterocycles. The Labute approximate surface area is 95.9 Å². The lowest BCUT2D eigenvalue weighted by molar-refractivity contribution is -0.138. The van der Waals surface area contributed by atoms with Crippen LogP contribution in [0.3, 0.4) is 0 Å². The van der Waals surface area contributed by atoms with Crippen LogP contribution in [0.25, 0.3) is 0 Å². The smallest absolute Gasteiger partial charge is 0.390 e. The highest BCUT2D eigenvalue weighted by molar-refractivity contribution is 5.23. The van der Waals surface area contributed by atoms with E-state index in [2.05, 4.69) is 4.98 Å². The third-order valence-electron chi connectivity index (χ3n) is 2.26. The van der Waals surface area contributed by atoms with E-state index in [1.54, 1.807) is 0 Å². The first-order valence-corrected chi connectivity index (χ1v) is 4.94. The van der Waals surface area contributed by atoms with Crippen LogP contribution in [-0.4, -0.2) is 27.8 Å². The van der Waals surface area contributed by atoms with Crippen LogP contribution in [0, 0.1) is 0 Å². The van der Waals surface area contributed by atoms with Crippen molar-refractivity contribution in [2.75, 3.05) is 6.54 Å². The second-order valence-electron chi connectivity index (χ2n) is 3.59. The second kappa shape index (κ2) is 5.44. The van der Waals surface area contributed by atoms with E-state index in [-0.39, 0.29) is 18.5 Å². The number of halogens is 3. The molecule has 4 N–H and O–H groups in total. The summed E-state index contributed by atoms with van der Waals surface area (Å²) in [5, 5.41) is 19.0. The summed E-state index contributed by atoms with van der Waals surface area (Å²) in [6.07, 6.45) is -5.32. The molecule has 2 atom stereocenters. The van der Waals surface area contributed by atoms with Crippen molar-refractivity contribution >= 4 is 0 Å². The zero-order chi connectivity index (χ0) is 13.1. The maximum Gasteiger partial charge on any atom is 0.417 e. The molecule has 0 aliphatic carbocycles. The number of aliphatic hydroxyl groups is 2. The summed E-state index contributed by atoms with van der Waals surface area (Å²) in [6.45, 7) is 0.130. The van der Waals surface area contributed by atoms with Gasteiger partial charge in [-0.3, -0.25) is 4.98 Å². The molecule has 0 aromatic carbocycles. The highest BCUT2D eigenvalue weighted by atomic mass is 19.4. The SMILES string of the molecule is NCCC(O)C(O)c1cncc(C(F)(F)F)c1. The number of hydrogen-bond acceptors (Lipinski definition) is 4. The van der Waals surface area contributed by atoms with Gasteiger partial charge in [0.25, 0.3) is 0 Å². The van der Waals surface area contributed by atoms with Gasteiger partial charge in [-0.25, -0.2) is 0 Å². The highest BCUT2D eigenvalue weighted by Crippen LogP contribution is 2.30. The van der Waals surface area contributed by atoms with Crippen LogP contribution in [0.4, 0.5) is 13.2 Å². The molecule has 0 amide bonds. The van der Waals surface area contributed by atoms with E-state index in [0.717, 1.165) is 12.3 Å². The number of rotatable bonds is 4. The van der Waals surface area contributed by atoms with Gasteiger partial charge in [-0.2, -0.15) is 13.2 Å². The lowest BCUT2D eigenvalue weighted by Gasteiger charge is -2.18. The summed E-state index contributed by atoms with van der Waals surface area (Å²) in [4.78, 5) is 3.39. The Bertz CT molecular complexity index is 371. The van der Waals surface area contributed by atoms with E-state index in [1.165, 1.54) is 0 Å². The molecule has 7 heteroatoms. The lowest BCUT2D eigenvalue weighted by atomic mass is 10.0. The first-order chi connectivity index (χ1) is 7.86. The Morgan fingerprint density at radius 2 is 1.94 bits per heavy atom. The van der Waals surface area contributed by atoms with E-state index < -0.39 is 23.9 Å². The minimum Gasteiger partial charge on any atom is -0.390 e. The van der Waals surface area contributed by atoms with Gasteiger partial charge >= 0.3 is 6.18 Å². The van der Waals surface area contributed by atoms with Crippen molar-refractivity contribution in [3.63, 3.8) is 0 Å². The Balaban J connectivity index is 2.92. The van der Waals surface area contributed by atoms with Gasteiger partial charge in [0.2, 0.25) is 0 Å². The van der Waals surface area contributed by atoms with Crippen molar-refractivity contribution in [2.24, 2.45) is 5.73 Å². The Kier molecular flexibility index (Phi) is 4.44. The van der Waals surface area contributed by atoms with Crippen LogP contribution >= 0.6 is 0 Å². The van der Waals surface area contributed by atoms with Gasteiger partial charge in [0.1, 0.15) is 6.10 Å². The quantitative estimate of drug-likeness (QED) is 0.740. The third kappa shape index (κ3) is 3.65. The molecule has 0 bridgehead atoms. The molecule has 4 nitrogen and oxygen atoms in total. The molecule has 0 fully saturated rings. The Hall–Kier alpha value is -1.18. The largest absolute Gasteiger partial charge is 0.417 e. The Morgan fingerprint density at radius 3 is 2.47 bits per heavy atom. The molecule has 0 aliphatic rings. The van der Waals surface area contributed by atoms with Crippen molar-refractivity contribution in [3.05, 3.63) is 29.6 Å². The van der Waals surface area contributed by atoms with E-state index >= 15 is 0 Å². The van der Waals surface area contributed by atoms with Crippen LogP contribution in [0.15, 0.2) is 18.5 Å². The topological polar surface area (TPSA) is 79.4 Å². The molecule has 1 heterocycles. The second-order valence-corrected chi connectivity index (χ2v) is 3.59. The summed E-state index contributed by atoms with van der Waals surface area (Å²) < 4.78 is 37.1.